The minimum Gasteiger partial charge on any atom is -0.448 e. The number of hydrogen-bond acceptors (Lipinski definition) is 5. The zero-order valence-corrected chi connectivity index (χ0v) is 21.1. The van der Waals surface area contributed by atoms with Crippen LogP contribution >= 0.6 is 0 Å². The van der Waals surface area contributed by atoms with Crippen molar-refractivity contribution in [3.05, 3.63) is 72.3 Å². The summed E-state index contributed by atoms with van der Waals surface area (Å²) < 4.78 is 11.6. The van der Waals surface area contributed by atoms with Crippen LogP contribution in [0.3, 0.4) is 0 Å². The third-order valence-corrected chi connectivity index (χ3v) is 7.47. The van der Waals surface area contributed by atoms with Crippen molar-refractivity contribution >= 4 is 12.2 Å². The Bertz CT molecular complexity index is 1130. The maximum absolute atomic E-state index is 13.5. The predicted octanol–water partition coefficient (Wildman–Crippen LogP) is 4.93. The second-order valence-electron chi connectivity index (χ2n) is 10.9. The van der Waals surface area contributed by atoms with Crippen LogP contribution in [0.4, 0.5) is 9.59 Å². The Morgan fingerprint density at radius 1 is 1.06 bits per heavy atom. The summed E-state index contributed by atoms with van der Waals surface area (Å²) in [5.74, 6) is -0.0519. The lowest BCUT2D eigenvalue weighted by molar-refractivity contribution is -0.0429. The van der Waals surface area contributed by atoms with Crippen LogP contribution in [-0.4, -0.2) is 70.1 Å². The number of carbonyl (C=O) groups excluding carboxylic acids is 2. The van der Waals surface area contributed by atoms with Gasteiger partial charge in [-0.25, -0.2) is 9.59 Å². The first-order chi connectivity index (χ1) is 17.2. The van der Waals surface area contributed by atoms with Crippen LogP contribution in [0.25, 0.3) is 11.1 Å². The smallest absolute Gasteiger partial charge is 0.410 e. The molecule has 190 valence electrons. The van der Waals surface area contributed by atoms with Gasteiger partial charge in [-0.3, -0.25) is 9.80 Å². The van der Waals surface area contributed by atoms with Gasteiger partial charge in [-0.15, -0.1) is 6.58 Å². The van der Waals surface area contributed by atoms with Gasteiger partial charge in [0, 0.05) is 12.5 Å². The normalized spacial score (nSPS) is 23.6. The second-order valence-corrected chi connectivity index (χ2v) is 10.9. The number of carbonyl (C=O) groups is 2. The Morgan fingerprint density at radius 2 is 1.67 bits per heavy atom. The highest BCUT2D eigenvalue weighted by Gasteiger charge is 2.53. The number of likely N-dealkylation sites (tertiary alicyclic amines) is 1. The maximum Gasteiger partial charge on any atom is 0.410 e. The third kappa shape index (κ3) is 4.26. The van der Waals surface area contributed by atoms with E-state index < -0.39 is 29.9 Å². The number of fused-ring (bicyclic) bond motifs is 5. The molecule has 1 N–H and O–H groups in total. The van der Waals surface area contributed by atoms with Gasteiger partial charge in [-0.2, -0.15) is 0 Å². The maximum atomic E-state index is 13.5. The minimum atomic E-state index is -1.00. The Hall–Kier alpha value is -3.32. The van der Waals surface area contributed by atoms with Crippen molar-refractivity contribution in [2.24, 2.45) is 0 Å². The number of ether oxygens (including phenoxy) is 2. The molecule has 0 unspecified atom stereocenters. The average molecular weight is 491 g/mol. The van der Waals surface area contributed by atoms with Gasteiger partial charge in [0.2, 0.25) is 0 Å². The van der Waals surface area contributed by atoms with Gasteiger partial charge >= 0.3 is 12.2 Å². The second kappa shape index (κ2) is 9.28. The van der Waals surface area contributed by atoms with E-state index in [1.54, 1.807) is 9.80 Å². The number of piperazine rings is 1. The van der Waals surface area contributed by atoms with Crippen LogP contribution in [0.2, 0.25) is 0 Å². The molecule has 2 bridgehead atoms. The molecule has 4 atom stereocenters. The number of aliphatic hydroxyl groups is 1. The fraction of sp³-hybridized carbons (Fsp3) is 0.448. The topological polar surface area (TPSA) is 79.3 Å². The van der Waals surface area contributed by atoms with Crippen molar-refractivity contribution < 1.29 is 24.2 Å². The van der Waals surface area contributed by atoms with Crippen molar-refractivity contribution in [3.63, 3.8) is 0 Å². The quantitative estimate of drug-likeness (QED) is 0.615. The van der Waals surface area contributed by atoms with E-state index in [0.717, 1.165) is 28.7 Å². The molecule has 2 saturated heterocycles. The molecule has 2 aliphatic heterocycles. The van der Waals surface area contributed by atoms with E-state index >= 15 is 0 Å². The van der Waals surface area contributed by atoms with Crippen molar-refractivity contribution in [2.45, 2.75) is 69.4 Å². The molecule has 2 aromatic carbocycles. The molecule has 7 nitrogen and oxygen atoms in total. The molecule has 0 spiro atoms. The Balaban J connectivity index is 1.35. The van der Waals surface area contributed by atoms with E-state index in [1.165, 1.54) is 6.08 Å². The number of nitrogens with zero attached hydrogens (tertiary/aromatic N) is 2. The Morgan fingerprint density at radius 3 is 2.25 bits per heavy atom. The number of benzene rings is 2. The zero-order chi connectivity index (χ0) is 25.6. The minimum absolute atomic E-state index is 0.0519. The van der Waals surface area contributed by atoms with Gasteiger partial charge in [0.05, 0.1) is 24.2 Å². The molecule has 5 rings (SSSR count). The van der Waals surface area contributed by atoms with Crippen LogP contribution in [0.1, 0.15) is 50.7 Å². The Labute approximate surface area is 212 Å². The summed E-state index contributed by atoms with van der Waals surface area (Å²) in [7, 11) is 0. The fourth-order valence-electron chi connectivity index (χ4n) is 6.01. The molecule has 36 heavy (non-hydrogen) atoms. The summed E-state index contributed by atoms with van der Waals surface area (Å²) in [4.78, 5) is 29.7. The SMILES string of the molecule is C=C[C@@H](O)[C@@H]1[C@H]2CC[C@@H](CN1C(=O)OCC1c3ccccc3-c3ccccc31)N2C(=O)OC(C)(C)C. The summed E-state index contributed by atoms with van der Waals surface area (Å²) in [6.07, 6.45) is 0.927. The van der Waals surface area contributed by atoms with E-state index in [1.807, 2.05) is 45.0 Å². The van der Waals surface area contributed by atoms with Gasteiger partial charge in [0.1, 0.15) is 12.2 Å². The van der Waals surface area contributed by atoms with Crippen molar-refractivity contribution in [1.29, 1.82) is 0 Å². The van der Waals surface area contributed by atoms with E-state index in [4.69, 9.17) is 9.47 Å². The molecule has 2 aromatic rings. The molecule has 1 aliphatic carbocycles. The first-order valence-corrected chi connectivity index (χ1v) is 12.6. The summed E-state index contributed by atoms with van der Waals surface area (Å²) in [6, 6.07) is 15.2. The van der Waals surface area contributed by atoms with Crippen LogP contribution in [0.15, 0.2) is 61.2 Å². The molecular weight excluding hydrogens is 456 g/mol. The Kier molecular flexibility index (Phi) is 6.29. The zero-order valence-electron chi connectivity index (χ0n) is 21.1. The fourth-order valence-corrected chi connectivity index (χ4v) is 6.01. The van der Waals surface area contributed by atoms with Crippen LogP contribution in [0.5, 0.6) is 0 Å². The van der Waals surface area contributed by atoms with E-state index in [2.05, 4.69) is 30.8 Å². The summed E-state index contributed by atoms with van der Waals surface area (Å²) in [5, 5.41) is 10.8. The standard InChI is InChI=1S/C29H34N2O5/c1-5-25(32)26-24-15-14-18(31(24)28(34)36-29(2,3)4)16-30(26)27(33)35-17-23-21-12-8-6-10-19(21)20-11-7-9-13-22(20)23/h5-13,18,23-26,32H,1,14-17H2,2-4H3/t18-,24+,25+,26-/m0/s1. The number of amides is 2. The van der Waals surface area contributed by atoms with E-state index in [9.17, 15) is 14.7 Å². The van der Waals surface area contributed by atoms with Crippen LogP contribution in [0, 0.1) is 0 Å². The number of hydrogen-bond donors (Lipinski definition) is 1. The first kappa shape index (κ1) is 24.4. The molecule has 2 amide bonds. The molecule has 0 saturated carbocycles. The van der Waals surface area contributed by atoms with Crippen molar-refractivity contribution in [3.8, 4) is 11.1 Å². The van der Waals surface area contributed by atoms with E-state index in [0.29, 0.717) is 6.42 Å². The average Bonchev–Trinajstić information content (AvgIpc) is 3.34. The molecule has 2 heterocycles. The molecule has 3 aliphatic rings. The largest absolute Gasteiger partial charge is 0.448 e. The molecular formula is C29H34N2O5. The van der Waals surface area contributed by atoms with Gasteiger partial charge in [-0.05, 0) is 55.9 Å². The monoisotopic (exact) mass is 490 g/mol. The summed E-state index contributed by atoms with van der Waals surface area (Å²) in [6.45, 7) is 9.70. The van der Waals surface area contributed by atoms with Gasteiger partial charge in [0.15, 0.2) is 0 Å². The van der Waals surface area contributed by atoms with E-state index in [-0.39, 0.29) is 31.2 Å². The van der Waals surface area contributed by atoms with Gasteiger partial charge in [0.25, 0.3) is 0 Å². The van der Waals surface area contributed by atoms with Gasteiger partial charge < -0.3 is 14.6 Å². The lowest BCUT2D eigenvalue weighted by Gasteiger charge is -2.47. The van der Waals surface area contributed by atoms with Crippen LogP contribution < -0.4 is 0 Å². The van der Waals surface area contributed by atoms with Crippen molar-refractivity contribution in [1.82, 2.24) is 9.80 Å². The number of rotatable bonds is 4. The molecule has 0 aromatic heterocycles. The molecule has 2 fully saturated rings. The highest BCUT2D eigenvalue weighted by Crippen LogP contribution is 2.45. The highest BCUT2D eigenvalue weighted by molar-refractivity contribution is 5.79. The predicted molar refractivity (Wildman–Crippen MR) is 137 cm³/mol. The number of aliphatic hydroxyl groups excluding tert-OH is 1. The summed E-state index contributed by atoms with van der Waals surface area (Å²) in [5.41, 5.74) is 3.98. The lowest BCUT2D eigenvalue weighted by Crippen LogP contribution is -2.66. The summed E-state index contributed by atoms with van der Waals surface area (Å²) >= 11 is 0. The third-order valence-electron chi connectivity index (χ3n) is 7.47. The first-order valence-electron chi connectivity index (χ1n) is 12.6. The highest BCUT2D eigenvalue weighted by atomic mass is 16.6. The molecule has 0 radical (unpaired) electrons. The van der Waals surface area contributed by atoms with Gasteiger partial charge in [-0.1, -0.05) is 54.6 Å². The van der Waals surface area contributed by atoms with Crippen molar-refractivity contribution in [2.75, 3.05) is 13.2 Å². The molecule has 7 heteroatoms. The lowest BCUT2D eigenvalue weighted by atomic mass is 9.97. The van der Waals surface area contributed by atoms with Crippen LogP contribution in [-0.2, 0) is 9.47 Å².